The number of allylic oxidation sites excluding steroid dienone is 1. The molecule has 1 aliphatic carbocycles. The highest BCUT2D eigenvalue weighted by atomic mass is 16.3. The molecule has 0 bridgehead atoms. The zero-order chi connectivity index (χ0) is 12.5. The third kappa shape index (κ3) is 2.44. The molecule has 0 aromatic heterocycles. The maximum atomic E-state index is 10.8. The maximum Gasteiger partial charge on any atom is 0.108 e. The number of aryl methyl sites for hydroxylation is 2. The van der Waals surface area contributed by atoms with Gasteiger partial charge in [-0.2, -0.15) is 0 Å². The minimum atomic E-state index is -0.795. The van der Waals surface area contributed by atoms with Gasteiger partial charge in [0.2, 0.25) is 0 Å². The fourth-order valence-electron chi connectivity index (χ4n) is 2.71. The molecule has 2 rings (SSSR count). The van der Waals surface area contributed by atoms with Gasteiger partial charge in [0.25, 0.3) is 0 Å². The van der Waals surface area contributed by atoms with Crippen LogP contribution < -0.4 is 0 Å². The summed E-state index contributed by atoms with van der Waals surface area (Å²) in [5.74, 6) is 0. The number of hydrogen-bond acceptors (Lipinski definition) is 1. The van der Waals surface area contributed by atoms with Crippen molar-refractivity contribution in [3.8, 4) is 0 Å². The van der Waals surface area contributed by atoms with Crippen LogP contribution in [-0.2, 0) is 5.60 Å². The Labute approximate surface area is 104 Å². The first-order valence-corrected chi connectivity index (χ1v) is 6.51. The fourth-order valence-corrected chi connectivity index (χ4v) is 2.71. The molecule has 1 atom stereocenters. The van der Waals surface area contributed by atoms with Gasteiger partial charge in [0.05, 0.1) is 0 Å². The van der Waals surface area contributed by atoms with Gasteiger partial charge in [-0.1, -0.05) is 29.8 Å². The van der Waals surface area contributed by atoms with Gasteiger partial charge in [-0.15, -0.1) is 0 Å². The van der Waals surface area contributed by atoms with Crippen molar-refractivity contribution in [2.75, 3.05) is 0 Å². The van der Waals surface area contributed by atoms with E-state index >= 15 is 0 Å². The zero-order valence-electron chi connectivity index (χ0n) is 11.1. The van der Waals surface area contributed by atoms with Crippen LogP contribution in [0.2, 0.25) is 0 Å². The van der Waals surface area contributed by atoms with Crippen LogP contribution >= 0.6 is 0 Å². The minimum absolute atomic E-state index is 0.795. The molecule has 0 saturated heterocycles. The van der Waals surface area contributed by atoms with Crippen molar-refractivity contribution in [3.05, 3.63) is 46.5 Å². The van der Waals surface area contributed by atoms with E-state index in [0.29, 0.717) is 0 Å². The molecule has 1 unspecified atom stereocenters. The highest BCUT2D eigenvalue weighted by molar-refractivity contribution is 5.40. The second kappa shape index (κ2) is 4.66. The normalized spacial score (nSPS) is 19.6. The Morgan fingerprint density at radius 3 is 2.59 bits per heavy atom. The average molecular weight is 230 g/mol. The molecule has 1 nitrogen and oxygen atoms in total. The Hall–Kier alpha value is -1.08. The van der Waals surface area contributed by atoms with Crippen LogP contribution in [0.3, 0.4) is 0 Å². The lowest BCUT2D eigenvalue weighted by Gasteiger charge is -2.31. The van der Waals surface area contributed by atoms with Gasteiger partial charge < -0.3 is 5.11 Å². The summed E-state index contributed by atoms with van der Waals surface area (Å²) in [5.41, 5.74) is 3.84. The van der Waals surface area contributed by atoms with E-state index in [9.17, 15) is 5.11 Å². The fraction of sp³-hybridized carbons (Fsp3) is 0.500. The van der Waals surface area contributed by atoms with Crippen LogP contribution in [0, 0.1) is 13.8 Å². The first-order chi connectivity index (χ1) is 8.01. The van der Waals surface area contributed by atoms with Gasteiger partial charge in [-0.25, -0.2) is 0 Å². The maximum absolute atomic E-state index is 10.8. The lowest BCUT2D eigenvalue weighted by atomic mass is 9.80. The Morgan fingerprint density at radius 2 is 1.94 bits per heavy atom. The molecule has 0 saturated carbocycles. The van der Waals surface area contributed by atoms with E-state index in [-0.39, 0.29) is 0 Å². The van der Waals surface area contributed by atoms with Crippen molar-refractivity contribution >= 4 is 0 Å². The van der Waals surface area contributed by atoms with Gasteiger partial charge in [0, 0.05) is 0 Å². The number of aliphatic hydroxyl groups is 1. The lowest BCUT2D eigenvalue weighted by Crippen LogP contribution is -2.26. The summed E-state index contributed by atoms with van der Waals surface area (Å²) in [6.07, 6.45) is 6.82. The number of rotatable bonds is 2. The van der Waals surface area contributed by atoms with Gasteiger partial charge in [0.15, 0.2) is 0 Å². The van der Waals surface area contributed by atoms with E-state index in [2.05, 4.69) is 38.1 Å². The largest absolute Gasteiger partial charge is 0.381 e. The molecule has 1 aliphatic rings. The summed E-state index contributed by atoms with van der Waals surface area (Å²) in [7, 11) is 0. The molecule has 0 amide bonds. The van der Waals surface area contributed by atoms with Gasteiger partial charge in [-0.3, -0.25) is 0 Å². The molecule has 0 spiro atoms. The Balaban J connectivity index is 2.42. The predicted octanol–water partition coefficient (Wildman–Crippen LogP) is 4.01. The molecule has 1 aromatic carbocycles. The van der Waals surface area contributed by atoms with Gasteiger partial charge >= 0.3 is 0 Å². The topological polar surface area (TPSA) is 20.2 Å². The molecule has 1 heteroatoms. The Morgan fingerprint density at radius 1 is 1.18 bits per heavy atom. The van der Waals surface area contributed by atoms with E-state index in [1.807, 2.05) is 6.92 Å². The Kier molecular flexibility index (Phi) is 3.39. The molecule has 1 N–H and O–H groups in total. The van der Waals surface area contributed by atoms with Crippen LogP contribution in [-0.4, -0.2) is 5.11 Å². The highest BCUT2D eigenvalue weighted by Gasteiger charge is 2.29. The predicted molar refractivity (Wildman–Crippen MR) is 72.0 cm³/mol. The summed E-state index contributed by atoms with van der Waals surface area (Å²) in [5, 5.41) is 10.8. The van der Waals surface area contributed by atoms with Crippen LogP contribution in [0.15, 0.2) is 29.8 Å². The molecule has 0 aliphatic heterocycles. The number of benzene rings is 1. The second-order valence-electron chi connectivity index (χ2n) is 5.37. The Bertz CT molecular complexity index is 441. The molecular formula is C16H22O. The average Bonchev–Trinajstić information content (AvgIpc) is 2.33. The van der Waals surface area contributed by atoms with Crippen molar-refractivity contribution in [2.24, 2.45) is 0 Å². The molecule has 1 aromatic rings. The number of hydrogen-bond donors (Lipinski definition) is 1. The monoisotopic (exact) mass is 230 g/mol. The molecule has 0 radical (unpaired) electrons. The quantitative estimate of drug-likeness (QED) is 0.761. The van der Waals surface area contributed by atoms with Crippen LogP contribution in [0.25, 0.3) is 0 Å². The first kappa shape index (κ1) is 12.4. The van der Waals surface area contributed by atoms with E-state index in [1.165, 1.54) is 29.5 Å². The van der Waals surface area contributed by atoms with Gasteiger partial charge in [-0.05, 0) is 63.2 Å². The van der Waals surface area contributed by atoms with E-state index < -0.39 is 5.60 Å². The van der Waals surface area contributed by atoms with E-state index in [4.69, 9.17) is 0 Å². The highest BCUT2D eigenvalue weighted by Crippen LogP contribution is 2.36. The molecular weight excluding hydrogens is 208 g/mol. The first-order valence-electron chi connectivity index (χ1n) is 6.51. The molecule has 0 heterocycles. The summed E-state index contributed by atoms with van der Waals surface area (Å²) in [6, 6.07) is 6.32. The zero-order valence-corrected chi connectivity index (χ0v) is 11.1. The van der Waals surface area contributed by atoms with Crippen LogP contribution in [0.1, 0.15) is 49.3 Å². The molecule has 17 heavy (non-hydrogen) atoms. The summed E-state index contributed by atoms with van der Waals surface area (Å²) >= 11 is 0. The standard InChI is InChI=1S/C16H22O/c1-12-9-10-13(2)15(11-12)16(3,17)14-7-5-4-6-8-14/h7,9-11,17H,4-6,8H2,1-3H3. The SMILES string of the molecule is Cc1ccc(C)c(C(C)(O)C2=CCCCC2)c1. The minimum Gasteiger partial charge on any atom is -0.381 e. The summed E-state index contributed by atoms with van der Waals surface area (Å²) in [6.45, 7) is 6.09. The van der Waals surface area contributed by atoms with Crippen LogP contribution in [0.4, 0.5) is 0 Å². The van der Waals surface area contributed by atoms with Crippen molar-refractivity contribution in [1.82, 2.24) is 0 Å². The lowest BCUT2D eigenvalue weighted by molar-refractivity contribution is 0.0907. The van der Waals surface area contributed by atoms with Gasteiger partial charge in [0.1, 0.15) is 5.60 Å². The van der Waals surface area contributed by atoms with E-state index in [1.54, 1.807) is 0 Å². The second-order valence-corrected chi connectivity index (χ2v) is 5.37. The third-order valence-corrected chi connectivity index (χ3v) is 3.83. The van der Waals surface area contributed by atoms with Crippen LogP contribution in [0.5, 0.6) is 0 Å². The van der Waals surface area contributed by atoms with Crippen molar-refractivity contribution in [1.29, 1.82) is 0 Å². The van der Waals surface area contributed by atoms with E-state index in [0.717, 1.165) is 18.4 Å². The molecule has 0 fully saturated rings. The van der Waals surface area contributed by atoms with Crippen molar-refractivity contribution in [2.45, 2.75) is 52.1 Å². The smallest absolute Gasteiger partial charge is 0.108 e. The van der Waals surface area contributed by atoms with Crippen molar-refractivity contribution in [3.63, 3.8) is 0 Å². The molecule has 92 valence electrons. The summed E-state index contributed by atoms with van der Waals surface area (Å²) in [4.78, 5) is 0. The van der Waals surface area contributed by atoms with Crippen molar-refractivity contribution < 1.29 is 5.11 Å². The third-order valence-electron chi connectivity index (χ3n) is 3.83. The summed E-state index contributed by atoms with van der Waals surface area (Å²) < 4.78 is 0.